The van der Waals surface area contributed by atoms with Crippen LogP contribution in [-0.2, 0) is 6.54 Å². The molecule has 1 spiro atoms. The number of likely N-dealkylation sites (tertiary alicyclic amines) is 1. The molecule has 2 aromatic heterocycles. The van der Waals surface area contributed by atoms with E-state index in [9.17, 15) is 0 Å². The first-order valence-electron chi connectivity index (χ1n) is 9.73. The van der Waals surface area contributed by atoms with Crippen molar-refractivity contribution in [3.8, 4) is 0 Å². The van der Waals surface area contributed by atoms with Gasteiger partial charge in [0, 0.05) is 25.2 Å². The Morgan fingerprint density at radius 2 is 1.81 bits per heavy atom. The van der Waals surface area contributed by atoms with Gasteiger partial charge in [-0.25, -0.2) is 0 Å². The van der Waals surface area contributed by atoms with E-state index >= 15 is 0 Å². The number of piperidine rings is 1. The van der Waals surface area contributed by atoms with Crippen molar-refractivity contribution in [1.82, 2.24) is 23.8 Å². The van der Waals surface area contributed by atoms with Gasteiger partial charge in [-0.05, 0) is 69.0 Å². The monoisotopic (exact) mass is 380 g/mol. The minimum atomic E-state index is 0.337. The molecule has 0 aliphatic carbocycles. The number of nitrogens with zero attached hydrogens (tertiary/aromatic N) is 6. The lowest BCUT2D eigenvalue weighted by atomic mass is 9.84. The predicted octanol–water partition coefficient (Wildman–Crippen LogP) is 3.42. The zero-order chi connectivity index (χ0) is 18.3. The molecular weight excluding hydrogens is 356 g/mol. The fourth-order valence-electron chi connectivity index (χ4n) is 4.67. The van der Waals surface area contributed by atoms with Crippen molar-refractivity contribution >= 4 is 28.6 Å². The topological polar surface area (TPSA) is 58.0 Å². The van der Waals surface area contributed by atoms with Crippen molar-refractivity contribution in [3.05, 3.63) is 41.6 Å². The molecule has 2 aliphatic heterocycles. The third kappa shape index (κ3) is 3.19. The average molecular weight is 381 g/mol. The number of hydrogen-bond donors (Lipinski definition) is 0. The maximum Gasteiger partial charge on any atom is 0.151 e. The molecule has 140 valence electrons. The molecule has 2 aliphatic rings. The van der Waals surface area contributed by atoms with Crippen LogP contribution in [0.4, 0.5) is 5.82 Å². The Labute approximate surface area is 163 Å². The van der Waals surface area contributed by atoms with Gasteiger partial charge in [0.2, 0.25) is 0 Å². The van der Waals surface area contributed by atoms with Gasteiger partial charge in [-0.1, -0.05) is 6.07 Å². The van der Waals surface area contributed by atoms with E-state index in [1.54, 1.807) is 0 Å². The molecule has 7 heteroatoms. The van der Waals surface area contributed by atoms with Crippen LogP contribution < -0.4 is 4.90 Å². The van der Waals surface area contributed by atoms with Crippen LogP contribution in [0, 0.1) is 6.92 Å². The second-order valence-electron chi connectivity index (χ2n) is 7.86. The summed E-state index contributed by atoms with van der Waals surface area (Å²) in [6, 6.07) is 10.7. The van der Waals surface area contributed by atoms with Crippen molar-refractivity contribution in [2.75, 3.05) is 24.5 Å². The highest BCUT2D eigenvalue weighted by Crippen LogP contribution is 2.40. The number of fused-ring (bicyclic) bond motifs is 1. The summed E-state index contributed by atoms with van der Waals surface area (Å²) < 4.78 is 8.72. The quantitative estimate of drug-likeness (QED) is 0.694. The zero-order valence-corrected chi connectivity index (χ0v) is 16.5. The fraction of sp³-hybridized carbons (Fsp3) is 0.500. The summed E-state index contributed by atoms with van der Waals surface area (Å²) in [5, 5.41) is 8.60. The Morgan fingerprint density at radius 3 is 2.63 bits per heavy atom. The molecule has 27 heavy (non-hydrogen) atoms. The Balaban J connectivity index is 1.30. The summed E-state index contributed by atoms with van der Waals surface area (Å²) in [6.45, 7) is 6.31. The van der Waals surface area contributed by atoms with E-state index in [2.05, 4.69) is 59.1 Å². The molecule has 3 aromatic rings. The summed E-state index contributed by atoms with van der Waals surface area (Å²) in [7, 11) is 0. The van der Waals surface area contributed by atoms with Gasteiger partial charge >= 0.3 is 0 Å². The van der Waals surface area contributed by atoms with Gasteiger partial charge < -0.3 is 4.90 Å². The molecule has 2 saturated heterocycles. The SMILES string of the molecule is Cc1ccc(N2CCC3(CCCN3Cc3ccc4nsnc4c3)CC2)nn1. The minimum absolute atomic E-state index is 0.337. The van der Waals surface area contributed by atoms with Crippen LogP contribution in [0.1, 0.15) is 36.9 Å². The molecule has 2 fully saturated rings. The standard InChI is InChI=1S/C20H24N6S/c1-15-3-6-19(22-21-15)25-11-8-20(9-12-25)7-2-10-26(20)14-16-4-5-17-18(13-16)24-27-23-17/h3-6,13H,2,7-12,14H2,1H3. The number of aryl methyl sites for hydroxylation is 1. The molecular formula is C20H24N6S. The highest BCUT2D eigenvalue weighted by atomic mass is 32.1. The van der Waals surface area contributed by atoms with Gasteiger partial charge in [-0.15, -0.1) is 5.10 Å². The Kier molecular flexibility index (Phi) is 4.28. The molecule has 0 saturated carbocycles. The van der Waals surface area contributed by atoms with Gasteiger partial charge in [-0.3, -0.25) is 4.90 Å². The number of hydrogen-bond acceptors (Lipinski definition) is 7. The first kappa shape index (κ1) is 17.0. The zero-order valence-electron chi connectivity index (χ0n) is 15.6. The molecule has 0 unspecified atom stereocenters. The van der Waals surface area contributed by atoms with Crippen LogP contribution >= 0.6 is 11.7 Å². The van der Waals surface area contributed by atoms with Crippen LogP contribution in [0.15, 0.2) is 30.3 Å². The number of benzene rings is 1. The Bertz CT molecular complexity index is 929. The second-order valence-corrected chi connectivity index (χ2v) is 8.39. The van der Waals surface area contributed by atoms with Crippen LogP contribution in [0.5, 0.6) is 0 Å². The van der Waals surface area contributed by atoms with Gasteiger partial charge in [0.25, 0.3) is 0 Å². The lowest BCUT2D eigenvalue weighted by molar-refractivity contribution is 0.0996. The van der Waals surface area contributed by atoms with Crippen molar-refractivity contribution < 1.29 is 0 Å². The van der Waals surface area contributed by atoms with E-state index in [0.29, 0.717) is 5.54 Å². The third-order valence-electron chi connectivity index (χ3n) is 6.23. The first-order chi connectivity index (χ1) is 13.2. The predicted molar refractivity (Wildman–Crippen MR) is 108 cm³/mol. The van der Waals surface area contributed by atoms with E-state index in [4.69, 9.17) is 0 Å². The van der Waals surface area contributed by atoms with Gasteiger partial charge in [0.15, 0.2) is 5.82 Å². The summed E-state index contributed by atoms with van der Waals surface area (Å²) in [5.74, 6) is 1.02. The van der Waals surface area contributed by atoms with Crippen LogP contribution in [0.25, 0.3) is 11.0 Å². The third-order valence-corrected chi connectivity index (χ3v) is 6.79. The van der Waals surface area contributed by atoms with E-state index in [1.165, 1.54) is 49.5 Å². The van der Waals surface area contributed by atoms with Crippen LogP contribution in [0.3, 0.4) is 0 Å². The number of aromatic nitrogens is 4. The van der Waals surface area contributed by atoms with Crippen molar-refractivity contribution in [3.63, 3.8) is 0 Å². The highest BCUT2D eigenvalue weighted by molar-refractivity contribution is 7.00. The molecule has 5 rings (SSSR count). The van der Waals surface area contributed by atoms with Crippen LogP contribution in [-0.4, -0.2) is 49.0 Å². The summed E-state index contributed by atoms with van der Waals surface area (Å²) >= 11 is 1.29. The Morgan fingerprint density at radius 1 is 0.963 bits per heavy atom. The second kappa shape index (κ2) is 6.80. The smallest absolute Gasteiger partial charge is 0.151 e. The molecule has 1 aromatic carbocycles. The molecule has 0 radical (unpaired) electrons. The van der Waals surface area contributed by atoms with E-state index in [1.807, 2.05) is 6.92 Å². The number of rotatable bonds is 3. The number of anilines is 1. The molecule has 4 heterocycles. The minimum Gasteiger partial charge on any atom is -0.355 e. The van der Waals surface area contributed by atoms with Gasteiger partial charge in [0.05, 0.1) is 17.4 Å². The van der Waals surface area contributed by atoms with E-state index < -0.39 is 0 Å². The summed E-state index contributed by atoms with van der Waals surface area (Å²) in [4.78, 5) is 5.10. The Hall–Kier alpha value is -2.12. The van der Waals surface area contributed by atoms with Gasteiger partial charge in [-0.2, -0.15) is 13.8 Å². The molecule has 0 N–H and O–H groups in total. The fourth-order valence-corrected chi connectivity index (χ4v) is 5.18. The summed E-state index contributed by atoms with van der Waals surface area (Å²) in [5.41, 5.74) is 4.69. The molecule has 0 bridgehead atoms. The maximum atomic E-state index is 4.40. The normalized spacial score (nSPS) is 20.0. The van der Waals surface area contributed by atoms with Gasteiger partial charge in [0.1, 0.15) is 11.0 Å². The molecule has 0 atom stereocenters. The largest absolute Gasteiger partial charge is 0.355 e. The molecule has 6 nitrogen and oxygen atoms in total. The summed E-state index contributed by atoms with van der Waals surface area (Å²) in [6.07, 6.45) is 5.00. The van der Waals surface area contributed by atoms with Crippen molar-refractivity contribution in [2.24, 2.45) is 0 Å². The van der Waals surface area contributed by atoms with E-state index in [-0.39, 0.29) is 0 Å². The molecule has 0 amide bonds. The lowest BCUT2D eigenvalue weighted by Gasteiger charge is -2.45. The van der Waals surface area contributed by atoms with Crippen molar-refractivity contribution in [2.45, 2.75) is 44.7 Å². The average Bonchev–Trinajstić information content (AvgIpc) is 3.30. The first-order valence-corrected chi connectivity index (χ1v) is 10.5. The maximum absolute atomic E-state index is 4.40. The highest BCUT2D eigenvalue weighted by Gasteiger charge is 2.43. The van der Waals surface area contributed by atoms with Crippen LogP contribution in [0.2, 0.25) is 0 Å². The van der Waals surface area contributed by atoms with Crippen molar-refractivity contribution in [1.29, 1.82) is 0 Å². The van der Waals surface area contributed by atoms with E-state index in [0.717, 1.165) is 42.2 Å². The lowest BCUT2D eigenvalue weighted by Crippen LogP contribution is -2.52.